The van der Waals surface area contributed by atoms with Crippen LogP contribution in [-0.2, 0) is 11.3 Å². The number of methoxy groups -OCH3 is 1. The van der Waals surface area contributed by atoms with Crippen molar-refractivity contribution in [2.75, 3.05) is 19.5 Å². The molecular formula is C16H17N3O3. The number of anilines is 1. The van der Waals surface area contributed by atoms with Crippen molar-refractivity contribution in [2.45, 2.75) is 12.6 Å². The molecule has 2 aromatic rings. The molecular weight excluding hydrogens is 282 g/mol. The van der Waals surface area contributed by atoms with E-state index in [2.05, 4.69) is 5.32 Å². The van der Waals surface area contributed by atoms with Crippen LogP contribution in [0.2, 0.25) is 0 Å². The van der Waals surface area contributed by atoms with Crippen LogP contribution in [0, 0.1) is 0 Å². The van der Waals surface area contributed by atoms with Gasteiger partial charge in [-0.15, -0.1) is 0 Å². The van der Waals surface area contributed by atoms with Crippen LogP contribution in [0.15, 0.2) is 42.6 Å². The highest BCUT2D eigenvalue weighted by atomic mass is 16.5. The van der Waals surface area contributed by atoms with E-state index in [4.69, 9.17) is 4.74 Å². The number of nitrogens with one attached hydrogen (secondary N) is 1. The van der Waals surface area contributed by atoms with Crippen LogP contribution < -0.4 is 10.1 Å². The average molecular weight is 299 g/mol. The molecule has 1 aromatic heterocycles. The highest BCUT2D eigenvalue weighted by Gasteiger charge is 2.34. The summed E-state index contributed by atoms with van der Waals surface area (Å²) in [6.07, 6.45) is 1.81. The van der Waals surface area contributed by atoms with Crippen LogP contribution in [0.5, 0.6) is 5.75 Å². The standard InChI is InChI=1S/C16H17N3O3/c1-18-14(10-19-8-4-7-13(19)16(18)21)15(20)17-11-5-3-6-12(9-11)22-2/h3-9,14H,10H2,1-2H3,(H,17,20)/t14-/m0/s1. The first-order chi connectivity index (χ1) is 10.6. The number of aromatic nitrogens is 1. The second-order valence-electron chi connectivity index (χ2n) is 5.20. The lowest BCUT2D eigenvalue weighted by molar-refractivity contribution is -0.120. The number of likely N-dealkylation sites (N-methyl/N-ethyl adjacent to an activating group) is 1. The molecule has 22 heavy (non-hydrogen) atoms. The zero-order valence-corrected chi connectivity index (χ0v) is 12.4. The van der Waals surface area contributed by atoms with E-state index in [1.54, 1.807) is 49.1 Å². The lowest BCUT2D eigenvalue weighted by Crippen LogP contribution is -2.51. The minimum atomic E-state index is -0.543. The molecule has 0 saturated heterocycles. The third-order valence-corrected chi connectivity index (χ3v) is 3.85. The molecule has 3 rings (SSSR count). The Labute approximate surface area is 128 Å². The van der Waals surface area contributed by atoms with Crippen molar-refractivity contribution in [2.24, 2.45) is 0 Å². The van der Waals surface area contributed by atoms with Gasteiger partial charge in [0.15, 0.2) is 0 Å². The lowest BCUT2D eigenvalue weighted by atomic mass is 10.1. The van der Waals surface area contributed by atoms with Crippen LogP contribution >= 0.6 is 0 Å². The summed E-state index contributed by atoms with van der Waals surface area (Å²) >= 11 is 0. The Balaban J connectivity index is 1.79. The third kappa shape index (κ3) is 2.43. The Kier molecular flexibility index (Phi) is 3.58. The van der Waals surface area contributed by atoms with Crippen molar-refractivity contribution >= 4 is 17.5 Å². The van der Waals surface area contributed by atoms with E-state index in [0.29, 0.717) is 23.7 Å². The van der Waals surface area contributed by atoms with E-state index < -0.39 is 6.04 Å². The summed E-state index contributed by atoms with van der Waals surface area (Å²) in [6, 6.07) is 10.2. The average Bonchev–Trinajstić information content (AvgIpc) is 2.99. The minimum Gasteiger partial charge on any atom is -0.497 e. The molecule has 2 heterocycles. The number of ether oxygens (including phenoxy) is 1. The molecule has 2 amide bonds. The SMILES string of the molecule is COc1cccc(NC(=O)[C@@H]2Cn3cccc3C(=O)N2C)c1. The summed E-state index contributed by atoms with van der Waals surface area (Å²) in [5.41, 5.74) is 1.25. The molecule has 0 unspecified atom stereocenters. The number of hydrogen-bond donors (Lipinski definition) is 1. The molecule has 114 valence electrons. The maximum absolute atomic E-state index is 12.5. The van der Waals surface area contributed by atoms with Gasteiger partial charge < -0.3 is 19.5 Å². The quantitative estimate of drug-likeness (QED) is 0.936. The maximum atomic E-state index is 12.5. The highest BCUT2D eigenvalue weighted by Crippen LogP contribution is 2.20. The van der Waals surface area contributed by atoms with Gasteiger partial charge in [0.25, 0.3) is 5.91 Å². The Morgan fingerprint density at radius 1 is 1.32 bits per heavy atom. The molecule has 1 aliphatic rings. The van der Waals surface area contributed by atoms with E-state index >= 15 is 0 Å². The van der Waals surface area contributed by atoms with Crippen LogP contribution in [0.4, 0.5) is 5.69 Å². The number of fused-ring (bicyclic) bond motifs is 1. The van der Waals surface area contributed by atoms with Crippen LogP contribution in [0.3, 0.4) is 0 Å². The molecule has 6 nitrogen and oxygen atoms in total. The summed E-state index contributed by atoms with van der Waals surface area (Å²) in [5, 5.41) is 2.83. The summed E-state index contributed by atoms with van der Waals surface area (Å²) in [5.74, 6) is 0.295. The summed E-state index contributed by atoms with van der Waals surface area (Å²) in [7, 11) is 3.22. The molecule has 0 saturated carbocycles. The molecule has 1 N–H and O–H groups in total. The summed E-state index contributed by atoms with van der Waals surface area (Å²) in [6.45, 7) is 0.445. The van der Waals surface area contributed by atoms with Crippen molar-refractivity contribution in [3.05, 3.63) is 48.3 Å². The second kappa shape index (κ2) is 5.55. The number of carbonyl (C=O) groups is 2. The molecule has 0 spiro atoms. The fourth-order valence-corrected chi connectivity index (χ4v) is 2.58. The van der Waals surface area contributed by atoms with Crippen molar-refractivity contribution in [1.29, 1.82) is 0 Å². The van der Waals surface area contributed by atoms with Gasteiger partial charge in [-0.05, 0) is 24.3 Å². The Bertz CT molecular complexity index is 723. The molecule has 1 aliphatic heterocycles. The molecule has 1 atom stereocenters. The van der Waals surface area contributed by atoms with Crippen LogP contribution in [-0.4, -0.2) is 41.5 Å². The number of rotatable bonds is 3. The number of carbonyl (C=O) groups excluding carboxylic acids is 2. The Morgan fingerprint density at radius 3 is 2.91 bits per heavy atom. The van der Waals surface area contributed by atoms with E-state index in [0.717, 1.165) is 0 Å². The molecule has 0 fully saturated rings. The molecule has 1 aromatic carbocycles. The molecule has 0 radical (unpaired) electrons. The van der Waals surface area contributed by atoms with Crippen molar-refractivity contribution < 1.29 is 14.3 Å². The van der Waals surface area contributed by atoms with Gasteiger partial charge in [-0.1, -0.05) is 6.07 Å². The molecule has 0 aliphatic carbocycles. The van der Waals surface area contributed by atoms with Crippen molar-refractivity contribution in [3.63, 3.8) is 0 Å². The monoisotopic (exact) mass is 299 g/mol. The van der Waals surface area contributed by atoms with E-state index in [1.165, 1.54) is 4.90 Å². The second-order valence-corrected chi connectivity index (χ2v) is 5.20. The smallest absolute Gasteiger partial charge is 0.270 e. The third-order valence-electron chi connectivity index (χ3n) is 3.85. The fraction of sp³-hybridized carbons (Fsp3) is 0.250. The molecule has 6 heteroatoms. The number of hydrogen-bond acceptors (Lipinski definition) is 3. The highest BCUT2D eigenvalue weighted by molar-refractivity contribution is 6.01. The van der Waals surface area contributed by atoms with Gasteiger partial charge in [-0.2, -0.15) is 0 Å². The van der Waals surface area contributed by atoms with Gasteiger partial charge in [0.1, 0.15) is 17.5 Å². The first kappa shape index (κ1) is 14.2. The van der Waals surface area contributed by atoms with Crippen molar-refractivity contribution in [3.8, 4) is 5.75 Å². The minimum absolute atomic E-state index is 0.151. The number of benzene rings is 1. The van der Waals surface area contributed by atoms with Crippen LogP contribution in [0.25, 0.3) is 0 Å². The topological polar surface area (TPSA) is 63.6 Å². The van der Waals surface area contributed by atoms with Gasteiger partial charge in [0.05, 0.1) is 13.7 Å². The van der Waals surface area contributed by atoms with Crippen molar-refractivity contribution in [1.82, 2.24) is 9.47 Å². The van der Waals surface area contributed by atoms with E-state index in [-0.39, 0.29) is 11.8 Å². The fourth-order valence-electron chi connectivity index (χ4n) is 2.58. The van der Waals surface area contributed by atoms with E-state index in [1.807, 2.05) is 12.3 Å². The number of amides is 2. The predicted octanol–water partition coefficient (Wildman–Crippen LogP) is 1.59. The maximum Gasteiger partial charge on any atom is 0.270 e. The van der Waals surface area contributed by atoms with Gasteiger partial charge in [0.2, 0.25) is 5.91 Å². The van der Waals surface area contributed by atoms with Gasteiger partial charge in [0, 0.05) is 25.0 Å². The van der Waals surface area contributed by atoms with Gasteiger partial charge in [-0.3, -0.25) is 9.59 Å². The zero-order chi connectivity index (χ0) is 15.7. The van der Waals surface area contributed by atoms with Gasteiger partial charge >= 0.3 is 0 Å². The Morgan fingerprint density at radius 2 is 2.14 bits per heavy atom. The Hall–Kier alpha value is -2.76. The lowest BCUT2D eigenvalue weighted by Gasteiger charge is -2.32. The largest absolute Gasteiger partial charge is 0.497 e. The van der Waals surface area contributed by atoms with Gasteiger partial charge in [-0.25, -0.2) is 0 Å². The van der Waals surface area contributed by atoms with E-state index in [9.17, 15) is 9.59 Å². The molecule has 0 bridgehead atoms. The number of nitrogens with zero attached hydrogens (tertiary/aromatic N) is 2. The van der Waals surface area contributed by atoms with Crippen LogP contribution in [0.1, 0.15) is 10.5 Å². The zero-order valence-electron chi connectivity index (χ0n) is 12.4. The predicted molar refractivity (Wildman–Crippen MR) is 81.9 cm³/mol. The normalized spacial score (nSPS) is 17.1. The summed E-state index contributed by atoms with van der Waals surface area (Å²) < 4.78 is 6.94. The summed E-state index contributed by atoms with van der Waals surface area (Å²) in [4.78, 5) is 26.2. The first-order valence-electron chi connectivity index (χ1n) is 6.97. The first-order valence-corrected chi connectivity index (χ1v) is 6.97.